The lowest BCUT2D eigenvalue weighted by molar-refractivity contribution is 0.492. The van der Waals surface area contributed by atoms with E-state index < -0.39 is 15.8 Å². The predicted molar refractivity (Wildman–Crippen MR) is 70.2 cm³/mol. The number of halogens is 1. The zero-order chi connectivity index (χ0) is 14.1. The number of rotatable bonds is 4. The van der Waals surface area contributed by atoms with Crippen LogP contribution in [0.1, 0.15) is 12.5 Å². The number of nitrogen functional groups attached to an aromatic ring is 1. The molecule has 6 heteroatoms. The summed E-state index contributed by atoms with van der Waals surface area (Å²) in [5.74, 6) is -0.617. The van der Waals surface area contributed by atoms with E-state index in [2.05, 4.69) is 6.58 Å². The van der Waals surface area contributed by atoms with E-state index in [1.165, 1.54) is 14.0 Å². The number of hydrogen-bond acceptors (Lipinski definition) is 3. The quantitative estimate of drug-likeness (QED) is 0.672. The van der Waals surface area contributed by atoms with Gasteiger partial charge in [0.2, 0.25) is 10.0 Å². The zero-order valence-electron chi connectivity index (χ0n) is 10.7. The molecule has 0 radical (unpaired) electrons. The third-order valence-corrected chi connectivity index (χ3v) is 4.42. The average Bonchev–Trinajstić information content (AvgIpc) is 2.22. The molecule has 4 nitrogen and oxygen atoms in total. The Morgan fingerprint density at radius 3 is 2.56 bits per heavy atom. The molecule has 0 atom stereocenters. The van der Waals surface area contributed by atoms with Gasteiger partial charge in [0.25, 0.3) is 0 Å². The second kappa shape index (κ2) is 5.07. The highest BCUT2D eigenvalue weighted by Gasteiger charge is 2.23. The van der Waals surface area contributed by atoms with Crippen molar-refractivity contribution < 1.29 is 12.8 Å². The van der Waals surface area contributed by atoms with Crippen LogP contribution in [-0.4, -0.2) is 26.3 Å². The van der Waals surface area contributed by atoms with Crippen LogP contribution in [0.15, 0.2) is 29.2 Å². The molecule has 2 N–H and O–H groups in total. The van der Waals surface area contributed by atoms with Gasteiger partial charge in [0.05, 0.1) is 10.6 Å². The fourth-order valence-electron chi connectivity index (χ4n) is 1.58. The maximum Gasteiger partial charge on any atom is 0.243 e. The highest BCUT2D eigenvalue weighted by atomic mass is 32.2. The van der Waals surface area contributed by atoms with Gasteiger partial charge in [0, 0.05) is 13.6 Å². The van der Waals surface area contributed by atoms with E-state index in [0.717, 1.165) is 16.4 Å². The van der Waals surface area contributed by atoms with Gasteiger partial charge < -0.3 is 5.73 Å². The summed E-state index contributed by atoms with van der Waals surface area (Å²) in [4.78, 5) is 0.0187. The molecule has 0 aliphatic carbocycles. The second-order valence-electron chi connectivity index (χ2n) is 4.36. The molecule has 1 aromatic carbocycles. The first-order chi connectivity index (χ1) is 8.16. The molecule has 0 bridgehead atoms. The summed E-state index contributed by atoms with van der Waals surface area (Å²) in [6.07, 6.45) is 0. The van der Waals surface area contributed by atoms with Crippen LogP contribution >= 0.6 is 0 Å². The van der Waals surface area contributed by atoms with Crippen LogP contribution in [0.5, 0.6) is 0 Å². The Balaban J connectivity index is 3.29. The molecule has 0 aliphatic rings. The smallest absolute Gasteiger partial charge is 0.243 e. The maximum atomic E-state index is 13.2. The number of benzene rings is 1. The fraction of sp³-hybridized carbons (Fsp3) is 0.333. The first kappa shape index (κ1) is 14.7. The predicted octanol–water partition coefficient (Wildman–Crippen LogP) is 1.91. The highest BCUT2D eigenvalue weighted by molar-refractivity contribution is 7.89. The second-order valence-corrected chi connectivity index (χ2v) is 6.37. The molecule has 1 aromatic rings. The van der Waals surface area contributed by atoms with Gasteiger partial charge in [-0.3, -0.25) is 0 Å². The Bertz CT molecular complexity index is 582. The SMILES string of the molecule is C=C(C)CN(C)S(=O)(=O)c1cc(N)c(F)cc1C. The Morgan fingerprint density at radius 1 is 1.50 bits per heavy atom. The Hall–Kier alpha value is -1.40. The van der Waals surface area contributed by atoms with Gasteiger partial charge in [-0.2, -0.15) is 4.31 Å². The summed E-state index contributed by atoms with van der Waals surface area (Å²) in [6.45, 7) is 7.14. The van der Waals surface area contributed by atoms with Crippen molar-refractivity contribution in [1.82, 2.24) is 4.31 Å². The van der Waals surface area contributed by atoms with Crippen LogP contribution in [0.25, 0.3) is 0 Å². The number of nitrogens with two attached hydrogens (primary N) is 1. The Morgan fingerprint density at radius 2 is 2.06 bits per heavy atom. The number of likely N-dealkylation sites (N-methyl/N-ethyl adjacent to an activating group) is 1. The molecule has 0 aliphatic heterocycles. The Kier molecular flexibility index (Phi) is 4.13. The molecule has 0 aromatic heterocycles. The molecule has 0 amide bonds. The van der Waals surface area contributed by atoms with Gasteiger partial charge in [0.15, 0.2) is 0 Å². The molecular weight excluding hydrogens is 255 g/mol. The van der Waals surface area contributed by atoms with E-state index in [9.17, 15) is 12.8 Å². The minimum atomic E-state index is -3.68. The number of aryl methyl sites for hydroxylation is 1. The lowest BCUT2D eigenvalue weighted by Crippen LogP contribution is -2.29. The highest BCUT2D eigenvalue weighted by Crippen LogP contribution is 2.24. The van der Waals surface area contributed by atoms with E-state index in [0.29, 0.717) is 11.1 Å². The van der Waals surface area contributed by atoms with E-state index in [4.69, 9.17) is 5.73 Å². The number of hydrogen-bond donors (Lipinski definition) is 1. The third kappa shape index (κ3) is 2.88. The third-order valence-electron chi connectivity index (χ3n) is 2.48. The minimum Gasteiger partial charge on any atom is -0.396 e. The van der Waals surface area contributed by atoms with Gasteiger partial charge in [0.1, 0.15) is 5.82 Å². The summed E-state index contributed by atoms with van der Waals surface area (Å²) < 4.78 is 38.9. The molecule has 0 spiro atoms. The molecule has 1 rings (SSSR count). The number of sulfonamides is 1. The molecule has 100 valence electrons. The van der Waals surface area contributed by atoms with Crippen molar-refractivity contribution in [1.29, 1.82) is 0 Å². The average molecular weight is 272 g/mol. The van der Waals surface area contributed by atoms with Crippen LogP contribution < -0.4 is 5.73 Å². The van der Waals surface area contributed by atoms with Gasteiger partial charge in [-0.1, -0.05) is 12.2 Å². The number of anilines is 1. The standard InChI is InChI=1S/C12H17FN2O2S/c1-8(2)7-15(4)18(16,17)12-6-11(14)10(13)5-9(12)3/h5-6H,1,7,14H2,2-4H3. The summed E-state index contributed by atoms with van der Waals surface area (Å²) in [5, 5.41) is 0. The van der Waals surface area contributed by atoms with Crippen molar-refractivity contribution in [3.8, 4) is 0 Å². The van der Waals surface area contributed by atoms with Crippen LogP contribution in [-0.2, 0) is 10.0 Å². The van der Waals surface area contributed by atoms with E-state index in [-0.39, 0.29) is 17.1 Å². The topological polar surface area (TPSA) is 63.4 Å². The van der Waals surface area contributed by atoms with Crippen LogP contribution in [0.3, 0.4) is 0 Å². The van der Waals surface area contributed by atoms with Crippen molar-refractivity contribution >= 4 is 15.7 Å². The first-order valence-electron chi connectivity index (χ1n) is 5.32. The Labute approximate surface area is 107 Å². The maximum absolute atomic E-state index is 13.2. The largest absolute Gasteiger partial charge is 0.396 e. The monoisotopic (exact) mass is 272 g/mol. The minimum absolute atomic E-state index is 0.0187. The molecule has 0 saturated heterocycles. The molecular formula is C12H17FN2O2S. The van der Waals surface area contributed by atoms with E-state index in [1.807, 2.05) is 0 Å². The lowest BCUT2D eigenvalue weighted by atomic mass is 10.2. The van der Waals surface area contributed by atoms with Gasteiger partial charge >= 0.3 is 0 Å². The summed E-state index contributed by atoms with van der Waals surface area (Å²) in [7, 11) is -2.23. The van der Waals surface area contributed by atoms with Crippen molar-refractivity contribution in [2.75, 3.05) is 19.3 Å². The van der Waals surface area contributed by atoms with Crippen LogP contribution in [0.2, 0.25) is 0 Å². The van der Waals surface area contributed by atoms with E-state index in [1.54, 1.807) is 6.92 Å². The lowest BCUT2D eigenvalue weighted by Gasteiger charge is -2.19. The number of nitrogens with zero attached hydrogens (tertiary/aromatic N) is 1. The van der Waals surface area contributed by atoms with Gasteiger partial charge in [-0.05, 0) is 31.5 Å². The van der Waals surface area contributed by atoms with Crippen molar-refractivity contribution in [2.24, 2.45) is 0 Å². The van der Waals surface area contributed by atoms with E-state index >= 15 is 0 Å². The van der Waals surface area contributed by atoms with Crippen molar-refractivity contribution in [3.63, 3.8) is 0 Å². The van der Waals surface area contributed by atoms with Crippen LogP contribution in [0.4, 0.5) is 10.1 Å². The fourth-order valence-corrected chi connectivity index (χ4v) is 3.05. The summed E-state index contributed by atoms with van der Waals surface area (Å²) >= 11 is 0. The van der Waals surface area contributed by atoms with Crippen LogP contribution in [0, 0.1) is 12.7 Å². The first-order valence-corrected chi connectivity index (χ1v) is 6.76. The van der Waals surface area contributed by atoms with Crippen molar-refractivity contribution in [3.05, 3.63) is 35.7 Å². The van der Waals surface area contributed by atoms with Crippen molar-refractivity contribution in [2.45, 2.75) is 18.7 Å². The molecule has 0 saturated carbocycles. The normalized spacial score (nSPS) is 11.8. The zero-order valence-corrected chi connectivity index (χ0v) is 11.5. The summed E-state index contributed by atoms with van der Waals surface area (Å²) in [5.41, 5.74) is 6.28. The molecule has 0 fully saturated rings. The summed E-state index contributed by atoms with van der Waals surface area (Å²) in [6, 6.07) is 2.27. The molecule has 0 unspecified atom stereocenters. The molecule has 18 heavy (non-hydrogen) atoms. The van der Waals surface area contributed by atoms with Gasteiger partial charge in [-0.15, -0.1) is 0 Å². The van der Waals surface area contributed by atoms with Gasteiger partial charge in [-0.25, -0.2) is 12.8 Å². The molecule has 0 heterocycles.